The molecule has 0 bridgehead atoms. The third-order valence-corrected chi connectivity index (χ3v) is 3.51. The van der Waals surface area contributed by atoms with Gasteiger partial charge in [0.15, 0.2) is 0 Å². The second-order valence-electron chi connectivity index (χ2n) is 4.25. The molecule has 0 atom stereocenters. The van der Waals surface area contributed by atoms with Gasteiger partial charge in [0.25, 0.3) is 0 Å². The zero-order valence-corrected chi connectivity index (χ0v) is 11.2. The van der Waals surface area contributed by atoms with Gasteiger partial charge in [0, 0.05) is 25.9 Å². The van der Waals surface area contributed by atoms with E-state index in [0.717, 1.165) is 32.5 Å². The van der Waals surface area contributed by atoms with Gasteiger partial charge in [0.2, 0.25) is 0 Å². The number of anilines is 1. The van der Waals surface area contributed by atoms with Crippen LogP contribution in [-0.2, 0) is 4.74 Å². The number of pyridine rings is 1. The summed E-state index contributed by atoms with van der Waals surface area (Å²) in [6, 6.07) is 3.72. The number of piperidine rings is 1. The molecule has 2 heterocycles. The fourth-order valence-corrected chi connectivity index (χ4v) is 2.48. The maximum Gasteiger partial charge on any atom is 0.148 e. The van der Waals surface area contributed by atoms with Crippen molar-refractivity contribution in [1.82, 2.24) is 4.98 Å². The van der Waals surface area contributed by atoms with Crippen molar-refractivity contribution in [3.8, 4) is 6.07 Å². The van der Waals surface area contributed by atoms with Crippen LogP contribution >= 0.6 is 11.6 Å². The van der Waals surface area contributed by atoms with E-state index in [-0.39, 0.29) is 0 Å². The maximum absolute atomic E-state index is 8.95. The Bertz CT molecular complexity index is 450. The highest BCUT2D eigenvalue weighted by Crippen LogP contribution is 2.28. The van der Waals surface area contributed by atoms with Crippen molar-refractivity contribution < 1.29 is 4.74 Å². The van der Waals surface area contributed by atoms with Crippen LogP contribution in [0.1, 0.15) is 25.3 Å². The molecular weight excluding hydrogens is 250 g/mol. The van der Waals surface area contributed by atoms with E-state index in [0.29, 0.717) is 22.5 Å². The molecule has 1 fully saturated rings. The summed E-state index contributed by atoms with van der Waals surface area (Å²) in [5.41, 5.74) is 0.480. The Morgan fingerprint density at radius 1 is 1.56 bits per heavy atom. The predicted molar refractivity (Wildman–Crippen MR) is 70.8 cm³/mol. The molecule has 0 unspecified atom stereocenters. The van der Waals surface area contributed by atoms with Crippen molar-refractivity contribution in [3.05, 3.63) is 22.8 Å². The SMILES string of the molecule is CCOC1CCN(c2nccc(C#N)c2Cl)CC1. The van der Waals surface area contributed by atoms with E-state index in [1.54, 1.807) is 12.3 Å². The highest BCUT2D eigenvalue weighted by Gasteiger charge is 2.22. The Labute approximate surface area is 112 Å². The molecule has 0 aromatic carbocycles. The van der Waals surface area contributed by atoms with E-state index in [2.05, 4.69) is 16.0 Å². The van der Waals surface area contributed by atoms with Gasteiger partial charge in [0.1, 0.15) is 16.9 Å². The van der Waals surface area contributed by atoms with Crippen LogP contribution in [0.4, 0.5) is 5.82 Å². The first-order valence-corrected chi connectivity index (χ1v) is 6.55. The van der Waals surface area contributed by atoms with Crippen molar-refractivity contribution in [1.29, 1.82) is 5.26 Å². The zero-order valence-electron chi connectivity index (χ0n) is 10.4. The van der Waals surface area contributed by atoms with E-state index >= 15 is 0 Å². The molecule has 4 nitrogen and oxygen atoms in total. The topological polar surface area (TPSA) is 49.1 Å². The molecule has 0 spiro atoms. The fraction of sp³-hybridized carbons (Fsp3) is 0.538. The summed E-state index contributed by atoms with van der Waals surface area (Å²) < 4.78 is 5.61. The minimum atomic E-state index is 0.337. The van der Waals surface area contributed by atoms with E-state index in [9.17, 15) is 0 Å². The average molecular weight is 266 g/mol. The lowest BCUT2D eigenvalue weighted by molar-refractivity contribution is 0.0458. The van der Waals surface area contributed by atoms with E-state index in [1.165, 1.54) is 0 Å². The predicted octanol–water partition coefficient (Wildman–Crippen LogP) is 2.61. The number of halogens is 1. The van der Waals surface area contributed by atoms with Gasteiger partial charge in [-0.15, -0.1) is 0 Å². The smallest absolute Gasteiger partial charge is 0.148 e. The van der Waals surface area contributed by atoms with Crippen LogP contribution < -0.4 is 4.90 Å². The summed E-state index contributed by atoms with van der Waals surface area (Å²) in [6.07, 6.45) is 3.92. The number of rotatable bonds is 3. The molecule has 0 radical (unpaired) electrons. The lowest BCUT2D eigenvalue weighted by atomic mass is 10.1. The monoisotopic (exact) mass is 265 g/mol. The summed E-state index contributed by atoms with van der Waals surface area (Å²) in [7, 11) is 0. The molecule has 18 heavy (non-hydrogen) atoms. The number of nitrogens with zero attached hydrogens (tertiary/aromatic N) is 3. The molecule has 96 valence electrons. The van der Waals surface area contributed by atoms with Gasteiger partial charge in [-0.25, -0.2) is 4.98 Å². The normalized spacial score (nSPS) is 16.6. The molecule has 0 aliphatic carbocycles. The molecule has 2 rings (SSSR count). The second-order valence-corrected chi connectivity index (χ2v) is 4.63. The van der Waals surface area contributed by atoms with Crippen LogP contribution in [0, 0.1) is 11.3 Å². The zero-order chi connectivity index (χ0) is 13.0. The number of hydrogen-bond acceptors (Lipinski definition) is 4. The number of aromatic nitrogens is 1. The number of hydrogen-bond donors (Lipinski definition) is 0. The summed E-state index contributed by atoms with van der Waals surface area (Å²) >= 11 is 6.18. The second kappa shape index (κ2) is 6.03. The van der Waals surface area contributed by atoms with Crippen LogP contribution in [-0.4, -0.2) is 30.8 Å². The van der Waals surface area contributed by atoms with E-state index < -0.39 is 0 Å². The molecule has 0 saturated carbocycles. The summed E-state index contributed by atoms with van der Waals surface area (Å²) in [6.45, 7) is 4.51. The molecule has 0 N–H and O–H groups in total. The standard InChI is InChI=1S/C13H16ClN3O/c1-2-18-11-4-7-17(8-5-11)13-12(14)10(9-15)3-6-16-13/h3,6,11H,2,4-5,7-8H2,1H3. The van der Waals surface area contributed by atoms with E-state index in [4.69, 9.17) is 21.6 Å². The van der Waals surface area contributed by atoms with Gasteiger partial charge in [0.05, 0.1) is 11.7 Å². The Balaban J connectivity index is 2.08. The molecule has 1 saturated heterocycles. The van der Waals surface area contributed by atoms with Crippen molar-refractivity contribution in [3.63, 3.8) is 0 Å². The van der Waals surface area contributed by atoms with Gasteiger partial charge in [-0.1, -0.05) is 11.6 Å². The van der Waals surface area contributed by atoms with Crippen LogP contribution in [0.3, 0.4) is 0 Å². The Morgan fingerprint density at radius 2 is 2.28 bits per heavy atom. The first kappa shape index (κ1) is 13.1. The molecule has 1 aromatic heterocycles. The summed E-state index contributed by atoms with van der Waals surface area (Å²) in [5, 5.41) is 9.41. The summed E-state index contributed by atoms with van der Waals surface area (Å²) in [4.78, 5) is 6.41. The van der Waals surface area contributed by atoms with Crippen LogP contribution in [0.5, 0.6) is 0 Å². The molecule has 5 heteroatoms. The lowest BCUT2D eigenvalue weighted by Gasteiger charge is -2.33. The first-order valence-electron chi connectivity index (χ1n) is 6.17. The van der Waals surface area contributed by atoms with Crippen molar-refractivity contribution in [2.24, 2.45) is 0 Å². The van der Waals surface area contributed by atoms with Crippen LogP contribution in [0.25, 0.3) is 0 Å². The molecule has 1 aromatic rings. The Hall–Kier alpha value is -1.31. The maximum atomic E-state index is 8.95. The Morgan fingerprint density at radius 3 is 2.89 bits per heavy atom. The Kier molecular flexibility index (Phi) is 4.40. The van der Waals surface area contributed by atoms with Gasteiger partial charge in [-0.2, -0.15) is 5.26 Å². The molecule has 0 amide bonds. The van der Waals surface area contributed by atoms with Gasteiger partial charge < -0.3 is 9.64 Å². The molecular formula is C13H16ClN3O. The first-order chi connectivity index (χ1) is 8.76. The minimum Gasteiger partial charge on any atom is -0.378 e. The van der Waals surface area contributed by atoms with Crippen molar-refractivity contribution in [2.75, 3.05) is 24.6 Å². The van der Waals surface area contributed by atoms with Gasteiger partial charge in [-0.05, 0) is 25.8 Å². The third-order valence-electron chi connectivity index (χ3n) is 3.14. The van der Waals surface area contributed by atoms with Crippen LogP contribution in [0.15, 0.2) is 12.3 Å². The quantitative estimate of drug-likeness (QED) is 0.843. The largest absolute Gasteiger partial charge is 0.378 e. The highest BCUT2D eigenvalue weighted by molar-refractivity contribution is 6.34. The number of nitriles is 1. The summed E-state index contributed by atoms with van der Waals surface area (Å²) in [5.74, 6) is 0.714. The van der Waals surface area contributed by atoms with E-state index in [1.807, 2.05) is 6.92 Å². The molecule has 1 aliphatic heterocycles. The highest BCUT2D eigenvalue weighted by atomic mass is 35.5. The van der Waals surface area contributed by atoms with Gasteiger partial charge >= 0.3 is 0 Å². The minimum absolute atomic E-state index is 0.337. The lowest BCUT2D eigenvalue weighted by Crippen LogP contribution is -2.37. The van der Waals surface area contributed by atoms with Gasteiger partial charge in [-0.3, -0.25) is 0 Å². The molecule has 1 aliphatic rings. The number of ether oxygens (including phenoxy) is 1. The average Bonchev–Trinajstić information content (AvgIpc) is 2.41. The van der Waals surface area contributed by atoms with Crippen molar-refractivity contribution >= 4 is 17.4 Å². The fourth-order valence-electron chi connectivity index (χ4n) is 2.21. The third kappa shape index (κ3) is 2.74. The van der Waals surface area contributed by atoms with Crippen LogP contribution in [0.2, 0.25) is 5.02 Å². The van der Waals surface area contributed by atoms with Crippen molar-refractivity contribution in [2.45, 2.75) is 25.9 Å².